The Morgan fingerprint density at radius 1 is 1.18 bits per heavy atom. The lowest BCUT2D eigenvalue weighted by molar-refractivity contribution is 0.0710. The molecular formula is C21H28N4O3. The lowest BCUT2D eigenvalue weighted by atomic mass is 9.95. The van der Waals surface area contributed by atoms with E-state index in [1.54, 1.807) is 6.33 Å². The molecule has 0 spiro atoms. The molecular weight excluding hydrogens is 356 g/mol. The highest BCUT2D eigenvalue weighted by Crippen LogP contribution is 2.29. The molecule has 1 amide bonds. The van der Waals surface area contributed by atoms with E-state index in [4.69, 9.17) is 9.47 Å². The number of hydrogen-bond donors (Lipinski definition) is 0. The quantitative estimate of drug-likeness (QED) is 0.792. The van der Waals surface area contributed by atoms with Gasteiger partial charge in [0.05, 0.1) is 13.2 Å². The number of piperidine rings is 1. The van der Waals surface area contributed by atoms with Gasteiger partial charge in [-0.05, 0) is 51.0 Å². The third kappa shape index (κ3) is 4.04. The van der Waals surface area contributed by atoms with E-state index in [0.717, 1.165) is 50.5 Å². The van der Waals surface area contributed by atoms with Crippen LogP contribution in [0.2, 0.25) is 0 Å². The molecule has 0 N–H and O–H groups in total. The second-order valence-corrected chi connectivity index (χ2v) is 7.88. The van der Waals surface area contributed by atoms with E-state index in [0.29, 0.717) is 24.1 Å². The molecule has 4 rings (SSSR count). The molecule has 2 aromatic rings. The molecule has 0 aliphatic carbocycles. The maximum absolute atomic E-state index is 12.9. The minimum Gasteiger partial charge on any atom is -0.488 e. The number of carbonyl (C=O) groups is 1. The van der Waals surface area contributed by atoms with E-state index in [2.05, 4.69) is 28.6 Å². The van der Waals surface area contributed by atoms with E-state index in [1.807, 2.05) is 29.2 Å². The first-order valence-corrected chi connectivity index (χ1v) is 10.1. The van der Waals surface area contributed by atoms with Crippen LogP contribution in [0.15, 0.2) is 30.6 Å². The van der Waals surface area contributed by atoms with Crippen molar-refractivity contribution in [3.63, 3.8) is 0 Å². The van der Waals surface area contributed by atoms with E-state index in [1.165, 1.54) is 0 Å². The van der Waals surface area contributed by atoms with Gasteiger partial charge in [-0.25, -0.2) is 0 Å². The van der Waals surface area contributed by atoms with Crippen LogP contribution in [-0.4, -0.2) is 58.0 Å². The number of ether oxygens (including phenoxy) is 2. The summed E-state index contributed by atoms with van der Waals surface area (Å²) in [6.45, 7) is 7.15. The predicted molar refractivity (Wildman–Crippen MR) is 105 cm³/mol. The van der Waals surface area contributed by atoms with Crippen LogP contribution in [0.25, 0.3) is 0 Å². The number of amides is 1. The Bertz CT molecular complexity index is 788. The van der Waals surface area contributed by atoms with Gasteiger partial charge in [0.1, 0.15) is 24.0 Å². The Kier molecular flexibility index (Phi) is 5.62. The van der Waals surface area contributed by atoms with Gasteiger partial charge < -0.3 is 18.9 Å². The summed E-state index contributed by atoms with van der Waals surface area (Å²) in [5.41, 5.74) is 0.707. The van der Waals surface area contributed by atoms with Crippen molar-refractivity contribution in [2.24, 2.45) is 0 Å². The van der Waals surface area contributed by atoms with Gasteiger partial charge in [0.25, 0.3) is 5.91 Å². The second-order valence-electron chi connectivity index (χ2n) is 7.88. The summed E-state index contributed by atoms with van der Waals surface area (Å²) in [6.07, 6.45) is 4.67. The molecule has 2 aliphatic rings. The Balaban J connectivity index is 1.34. The molecule has 1 atom stereocenters. The molecule has 150 valence electrons. The third-order valence-corrected chi connectivity index (χ3v) is 5.60. The number of hydrogen-bond acceptors (Lipinski definition) is 5. The SMILES string of the molecule is CC(C)n1cnnc1C1CCN(C(=O)c2ccc(OC3CCOC3)cc2)CC1. The first-order valence-electron chi connectivity index (χ1n) is 10.1. The minimum absolute atomic E-state index is 0.0829. The van der Waals surface area contributed by atoms with Crippen molar-refractivity contribution in [2.45, 2.75) is 51.2 Å². The first kappa shape index (κ1) is 18.9. The van der Waals surface area contributed by atoms with Gasteiger partial charge in [0, 0.05) is 37.0 Å². The van der Waals surface area contributed by atoms with Crippen LogP contribution in [-0.2, 0) is 4.74 Å². The van der Waals surface area contributed by atoms with E-state index < -0.39 is 0 Å². The largest absolute Gasteiger partial charge is 0.488 e. The second kappa shape index (κ2) is 8.31. The van der Waals surface area contributed by atoms with Gasteiger partial charge in [-0.2, -0.15) is 0 Å². The smallest absolute Gasteiger partial charge is 0.253 e. The number of rotatable bonds is 5. The fourth-order valence-corrected chi connectivity index (χ4v) is 3.94. The molecule has 28 heavy (non-hydrogen) atoms. The third-order valence-electron chi connectivity index (χ3n) is 5.60. The number of likely N-dealkylation sites (tertiary alicyclic amines) is 1. The maximum Gasteiger partial charge on any atom is 0.253 e. The van der Waals surface area contributed by atoms with Gasteiger partial charge in [0.2, 0.25) is 0 Å². The van der Waals surface area contributed by atoms with Crippen molar-refractivity contribution in [3.8, 4) is 5.75 Å². The predicted octanol–water partition coefficient (Wildman–Crippen LogP) is 3.05. The van der Waals surface area contributed by atoms with Gasteiger partial charge in [-0.3, -0.25) is 4.79 Å². The normalized spacial score (nSPS) is 20.7. The Hall–Kier alpha value is -2.41. The number of aromatic nitrogens is 3. The number of benzene rings is 1. The highest BCUT2D eigenvalue weighted by atomic mass is 16.5. The summed E-state index contributed by atoms with van der Waals surface area (Å²) in [5, 5.41) is 8.41. The van der Waals surface area contributed by atoms with E-state index in [9.17, 15) is 4.79 Å². The van der Waals surface area contributed by atoms with E-state index in [-0.39, 0.29) is 12.0 Å². The zero-order valence-electron chi connectivity index (χ0n) is 16.6. The molecule has 7 heteroatoms. The van der Waals surface area contributed by atoms with Crippen molar-refractivity contribution < 1.29 is 14.3 Å². The summed E-state index contributed by atoms with van der Waals surface area (Å²) in [7, 11) is 0. The van der Waals surface area contributed by atoms with Gasteiger partial charge >= 0.3 is 0 Å². The van der Waals surface area contributed by atoms with Crippen LogP contribution < -0.4 is 4.74 Å². The van der Waals surface area contributed by atoms with Crippen molar-refractivity contribution in [2.75, 3.05) is 26.3 Å². The molecule has 2 aliphatic heterocycles. The number of nitrogens with zero attached hydrogens (tertiary/aromatic N) is 4. The monoisotopic (exact) mass is 384 g/mol. The molecule has 0 saturated carbocycles. The first-order chi connectivity index (χ1) is 13.6. The standard InChI is InChI=1S/C21H28N4O3/c1-15(2)25-14-22-23-20(25)16-7-10-24(11-8-16)21(26)17-3-5-18(6-4-17)28-19-9-12-27-13-19/h3-6,14-16,19H,7-13H2,1-2H3. The average molecular weight is 384 g/mol. The summed E-state index contributed by atoms with van der Waals surface area (Å²) in [5.74, 6) is 2.27. The summed E-state index contributed by atoms with van der Waals surface area (Å²) in [4.78, 5) is 14.8. The van der Waals surface area contributed by atoms with Crippen LogP contribution >= 0.6 is 0 Å². The highest BCUT2D eigenvalue weighted by Gasteiger charge is 2.28. The molecule has 0 bridgehead atoms. The topological polar surface area (TPSA) is 69.5 Å². The fraction of sp³-hybridized carbons (Fsp3) is 0.571. The summed E-state index contributed by atoms with van der Waals surface area (Å²) >= 11 is 0. The van der Waals surface area contributed by atoms with Crippen molar-refractivity contribution >= 4 is 5.91 Å². The Morgan fingerprint density at radius 2 is 1.93 bits per heavy atom. The molecule has 1 aromatic carbocycles. The molecule has 2 fully saturated rings. The lowest BCUT2D eigenvalue weighted by Crippen LogP contribution is -2.38. The molecule has 1 aromatic heterocycles. The molecule has 1 unspecified atom stereocenters. The maximum atomic E-state index is 12.9. The van der Waals surface area contributed by atoms with Crippen molar-refractivity contribution in [1.82, 2.24) is 19.7 Å². The average Bonchev–Trinajstić information content (AvgIpc) is 3.40. The lowest BCUT2D eigenvalue weighted by Gasteiger charge is -2.32. The van der Waals surface area contributed by atoms with Crippen LogP contribution in [0, 0.1) is 0 Å². The van der Waals surface area contributed by atoms with Crippen LogP contribution in [0.1, 0.15) is 61.3 Å². The summed E-state index contributed by atoms with van der Waals surface area (Å²) in [6, 6.07) is 7.82. The van der Waals surface area contributed by atoms with Crippen molar-refractivity contribution in [1.29, 1.82) is 0 Å². The molecule has 2 saturated heterocycles. The van der Waals surface area contributed by atoms with E-state index >= 15 is 0 Å². The minimum atomic E-state index is 0.0829. The van der Waals surface area contributed by atoms with Crippen molar-refractivity contribution in [3.05, 3.63) is 42.0 Å². The number of carbonyl (C=O) groups excluding carboxylic acids is 1. The Labute approximate surface area is 165 Å². The molecule has 7 nitrogen and oxygen atoms in total. The zero-order chi connectivity index (χ0) is 19.5. The fourth-order valence-electron chi connectivity index (χ4n) is 3.94. The van der Waals surface area contributed by atoms with Crippen LogP contribution in [0.4, 0.5) is 0 Å². The molecule has 0 radical (unpaired) electrons. The summed E-state index contributed by atoms with van der Waals surface area (Å²) < 4.78 is 13.3. The van der Waals surface area contributed by atoms with Gasteiger partial charge in [-0.1, -0.05) is 0 Å². The Morgan fingerprint density at radius 3 is 2.57 bits per heavy atom. The van der Waals surface area contributed by atoms with Crippen LogP contribution in [0.5, 0.6) is 5.75 Å². The highest BCUT2D eigenvalue weighted by molar-refractivity contribution is 5.94. The van der Waals surface area contributed by atoms with Gasteiger partial charge in [0.15, 0.2) is 0 Å². The zero-order valence-corrected chi connectivity index (χ0v) is 16.6. The molecule has 3 heterocycles. The van der Waals surface area contributed by atoms with Crippen LogP contribution in [0.3, 0.4) is 0 Å². The van der Waals surface area contributed by atoms with Gasteiger partial charge in [-0.15, -0.1) is 10.2 Å².